The molecule has 104 valence electrons. The molecule has 1 N–H and O–H groups in total. The van der Waals surface area contributed by atoms with Gasteiger partial charge in [0.2, 0.25) is 0 Å². The number of anilines is 1. The van der Waals surface area contributed by atoms with Gasteiger partial charge in [-0.05, 0) is 30.7 Å². The molecular formula is C15H11N3O3. The lowest BCUT2D eigenvalue weighted by Gasteiger charge is -2.08. The fraction of sp³-hybridized carbons (Fsp3) is 0.0667. The van der Waals surface area contributed by atoms with Crippen LogP contribution < -0.4 is 5.32 Å². The third kappa shape index (κ3) is 3.04. The highest BCUT2D eigenvalue weighted by atomic mass is 16.6. The number of nitro groups is 1. The van der Waals surface area contributed by atoms with E-state index in [1.54, 1.807) is 37.3 Å². The number of hydrogen-bond acceptors (Lipinski definition) is 4. The van der Waals surface area contributed by atoms with Crippen molar-refractivity contribution >= 4 is 17.3 Å². The summed E-state index contributed by atoms with van der Waals surface area (Å²) in [5.74, 6) is -0.617. The molecule has 0 heterocycles. The summed E-state index contributed by atoms with van der Waals surface area (Å²) < 4.78 is 0. The molecule has 0 spiro atoms. The zero-order valence-corrected chi connectivity index (χ0v) is 11.2. The van der Waals surface area contributed by atoms with Gasteiger partial charge in [0, 0.05) is 6.07 Å². The summed E-state index contributed by atoms with van der Waals surface area (Å²) >= 11 is 0. The number of nitro benzene ring substituents is 1. The number of hydrogen-bond donors (Lipinski definition) is 1. The number of benzene rings is 2. The van der Waals surface area contributed by atoms with Gasteiger partial charge in [-0.15, -0.1) is 0 Å². The van der Waals surface area contributed by atoms with Crippen molar-refractivity contribution in [2.24, 2.45) is 0 Å². The van der Waals surface area contributed by atoms with E-state index in [2.05, 4.69) is 5.32 Å². The monoisotopic (exact) mass is 281 g/mol. The maximum absolute atomic E-state index is 12.2. The van der Waals surface area contributed by atoms with Crippen LogP contribution >= 0.6 is 0 Å². The molecule has 1 amide bonds. The SMILES string of the molecule is Cc1ccc([N+](=O)[O-])c(C(=O)Nc2ccccc2C#N)c1. The van der Waals surface area contributed by atoms with Gasteiger partial charge in [0.1, 0.15) is 11.6 Å². The molecule has 6 heteroatoms. The molecule has 0 aliphatic rings. The molecule has 6 nitrogen and oxygen atoms in total. The van der Waals surface area contributed by atoms with Crippen LogP contribution in [-0.4, -0.2) is 10.8 Å². The molecule has 0 radical (unpaired) electrons. The molecule has 2 aromatic rings. The third-order valence-corrected chi connectivity index (χ3v) is 2.89. The van der Waals surface area contributed by atoms with Crippen LogP contribution in [0, 0.1) is 28.4 Å². The predicted molar refractivity (Wildman–Crippen MR) is 76.9 cm³/mol. The average Bonchev–Trinajstić information content (AvgIpc) is 2.47. The number of rotatable bonds is 3. The number of amides is 1. The van der Waals surface area contributed by atoms with Crippen molar-refractivity contribution in [3.8, 4) is 6.07 Å². The lowest BCUT2D eigenvalue weighted by atomic mass is 10.1. The molecule has 2 rings (SSSR count). The first-order chi connectivity index (χ1) is 10.0. The fourth-order valence-corrected chi connectivity index (χ4v) is 1.87. The van der Waals surface area contributed by atoms with Crippen LogP contribution in [0.25, 0.3) is 0 Å². The van der Waals surface area contributed by atoms with Gasteiger partial charge in [-0.25, -0.2) is 0 Å². The van der Waals surface area contributed by atoms with Crippen LogP contribution in [0.4, 0.5) is 11.4 Å². The Labute approximate surface area is 120 Å². The first-order valence-corrected chi connectivity index (χ1v) is 6.08. The maximum atomic E-state index is 12.2. The third-order valence-electron chi connectivity index (χ3n) is 2.89. The van der Waals surface area contributed by atoms with Crippen LogP contribution in [0.1, 0.15) is 21.5 Å². The van der Waals surface area contributed by atoms with Gasteiger partial charge in [0.05, 0.1) is 16.2 Å². The van der Waals surface area contributed by atoms with Gasteiger partial charge < -0.3 is 5.32 Å². The Morgan fingerprint density at radius 2 is 2.00 bits per heavy atom. The second-order valence-corrected chi connectivity index (χ2v) is 4.39. The van der Waals surface area contributed by atoms with E-state index < -0.39 is 10.8 Å². The largest absolute Gasteiger partial charge is 0.321 e. The number of carbonyl (C=O) groups excluding carboxylic acids is 1. The van der Waals surface area contributed by atoms with Gasteiger partial charge in [0.25, 0.3) is 11.6 Å². The Kier molecular flexibility index (Phi) is 3.95. The summed E-state index contributed by atoms with van der Waals surface area (Å²) in [5.41, 5.74) is 1.04. The van der Waals surface area contributed by atoms with E-state index in [0.717, 1.165) is 5.56 Å². The minimum atomic E-state index is -0.617. The average molecular weight is 281 g/mol. The second-order valence-electron chi connectivity index (χ2n) is 4.39. The van der Waals surface area contributed by atoms with E-state index in [4.69, 9.17) is 5.26 Å². The number of carbonyl (C=O) groups is 1. The van der Waals surface area contributed by atoms with Crippen molar-refractivity contribution in [1.29, 1.82) is 5.26 Å². The first-order valence-electron chi connectivity index (χ1n) is 6.08. The summed E-state index contributed by atoms with van der Waals surface area (Å²) in [6.45, 7) is 1.74. The summed E-state index contributed by atoms with van der Waals surface area (Å²) in [4.78, 5) is 22.6. The molecule has 0 aliphatic carbocycles. The lowest BCUT2D eigenvalue weighted by Crippen LogP contribution is -2.15. The Morgan fingerprint density at radius 3 is 2.67 bits per heavy atom. The molecule has 0 bridgehead atoms. The topological polar surface area (TPSA) is 96.0 Å². The van der Waals surface area contributed by atoms with Gasteiger partial charge in [-0.2, -0.15) is 5.26 Å². The molecular weight excluding hydrogens is 270 g/mol. The maximum Gasteiger partial charge on any atom is 0.282 e. The Hall–Kier alpha value is -3.20. The first kappa shape index (κ1) is 14.2. The van der Waals surface area contributed by atoms with E-state index in [1.807, 2.05) is 6.07 Å². The van der Waals surface area contributed by atoms with E-state index in [-0.39, 0.29) is 11.3 Å². The molecule has 21 heavy (non-hydrogen) atoms. The smallest absolute Gasteiger partial charge is 0.282 e. The number of para-hydroxylation sites is 1. The quantitative estimate of drug-likeness (QED) is 0.690. The van der Waals surface area contributed by atoms with Crippen molar-refractivity contribution in [3.63, 3.8) is 0 Å². The van der Waals surface area contributed by atoms with Crippen LogP contribution in [0.2, 0.25) is 0 Å². The number of aryl methyl sites for hydroxylation is 1. The van der Waals surface area contributed by atoms with Crippen LogP contribution in [-0.2, 0) is 0 Å². The van der Waals surface area contributed by atoms with E-state index in [0.29, 0.717) is 11.3 Å². The van der Waals surface area contributed by atoms with Crippen LogP contribution in [0.5, 0.6) is 0 Å². The highest BCUT2D eigenvalue weighted by Crippen LogP contribution is 2.22. The molecule has 0 saturated heterocycles. The van der Waals surface area contributed by atoms with Gasteiger partial charge in [-0.3, -0.25) is 14.9 Å². The van der Waals surface area contributed by atoms with Crippen LogP contribution in [0.15, 0.2) is 42.5 Å². The van der Waals surface area contributed by atoms with Gasteiger partial charge in [-0.1, -0.05) is 18.2 Å². The Morgan fingerprint density at radius 1 is 1.29 bits per heavy atom. The van der Waals surface area contributed by atoms with Crippen molar-refractivity contribution in [3.05, 3.63) is 69.3 Å². The number of nitrogens with one attached hydrogen (secondary N) is 1. The van der Waals surface area contributed by atoms with Crippen LogP contribution in [0.3, 0.4) is 0 Å². The van der Waals surface area contributed by atoms with E-state index >= 15 is 0 Å². The van der Waals surface area contributed by atoms with Crippen molar-refractivity contribution in [2.45, 2.75) is 6.92 Å². The van der Waals surface area contributed by atoms with Gasteiger partial charge >= 0.3 is 0 Å². The summed E-state index contributed by atoms with van der Waals surface area (Å²) in [6, 6.07) is 12.7. The zero-order valence-electron chi connectivity index (χ0n) is 11.2. The number of nitrogens with zero attached hydrogens (tertiary/aromatic N) is 2. The summed E-state index contributed by atoms with van der Waals surface area (Å²) in [6.07, 6.45) is 0. The molecule has 0 atom stereocenters. The predicted octanol–water partition coefficient (Wildman–Crippen LogP) is 3.03. The minimum Gasteiger partial charge on any atom is -0.321 e. The normalized spacial score (nSPS) is 9.71. The molecule has 2 aromatic carbocycles. The summed E-state index contributed by atoms with van der Waals surface area (Å²) in [5, 5.41) is 22.5. The molecule has 0 unspecified atom stereocenters. The van der Waals surface area contributed by atoms with Crippen molar-refractivity contribution in [1.82, 2.24) is 0 Å². The summed E-state index contributed by atoms with van der Waals surface area (Å²) in [7, 11) is 0. The van der Waals surface area contributed by atoms with Crippen molar-refractivity contribution < 1.29 is 9.72 Å². The highest BCUT2D eigenvalue weighted by molar-refractivity contribution is 6.07. The highest BCUT2D eigenvalue weighted by Gasteiger charge is 2.20. The number of nitriles is 1. The molecule has 0 fully saturated rings. The fourth-order valence-electron chi connectivity index (χ4n) is 1.87. The lowest BCUT2D eigenvalue weighted by molar-refractivity contribution is -0.385. The Balaban J connectivity index is 2.39. The van der Waals surface area contributed by atoms with E-state index in [9.17, 15) is 14.9 Å². The standard InChI is InChI=1S/C15H11N3O3/c1-10-6-7-14(18(20)21)12(8-10)15(19)17-13-5-3-2-4-11(13)9-16/h2-8H,1H3,(H,17,19). The zero-order chi connectivity index (χ0) is 15.4. The molecule has 0 saturated carbocycles. The Bertz CT molecular complexity index is 763. The molecule has 0 aliphatic heterocycles. The van der Waals surface area contributed by atoms with Gasteiger partial charge in [0.15, 0.2) is 0 Å². The second kappa shape index (κ2) is 5.84. The van der Waals surface area contributed by atoms with E-state index in [1.165, 1.54) is 12.1 Å². The minimum absolute atomic E-state index is 0.0345. The van der Waals surface area contributed by atoms with Crippen molar-refractivity contribution in [2.75, 3.05) is 5.32 Å². The molecule has 0 aromatic heterocycles.